The van der Waals surface area contributed by atoms with Gasteiger partial charge in [-0.2, -0.15) is 10.4 Å². The van der Waals surface area contributed by atoms with E-state index in [0.29, 0.717) is 6.61 Å². The Bertz CT molecular complexity index is 391. The number of rotatable bonds is 2. The van der Waals surface area contributed by atoms with Crippen LogP contribution in [0.5, 0.6) is 0 Å². The summed E-state index contributed by atoms with van der Waals surface area (Å²) < 4.78 is 7.42. The molecule has 15 heavy (non-hydrogen) atoms. The molecule has 80 valence electrons. The Labute approximate surface area is 89.5 Å². The summed E-state index contributed by atoms with van der Waals surface area (Å²) >= 11 is 0. The summed E-state index contributed by atoms with van der Waals surface area (Å²) in [4.78, 5) is 0. The Hall–Kier alpha value is -1.34. The molecule has 0 spiro atoms. The summed E-state index contributed by atoms with van der Waals surface area (Å²) in [7, 11) is 1.90. The summed E-state index contributed by atoms with van der Waals surface area (Å²) in [5.74, 6) is -0.0144. The third-order valence-corrected chi connectivity index (χ3v) is 2.84. The molecular weight excluding hydrogens is 190 g/mol. The molecule has 1 aromatic heterocycles. The number of ether oxygens (including phenoxy) is 1. The summed E-state index contributed by atoms with van der Waals surface area (Å²) in [5, 5.41) is 13.4. The van der Waals surface area contributed by atoms with Gasteiger partial charge in [0.1, 0.15) is 6.10 Å². The highest BCUT2D eigenvalue weighted by Crippen LogP contribution is 2.35. The van der Waals surface area contributed by atoms with E-state index in [0.717, 1.165) is 24.1 Å². The van der Waals surface area contributed by atoms with E-state index in [2.05, 4.69) is 18.1 Å². The van der Waals surface area contributed by atoms with E-state index >= 15 is 0 Å². The Morgan fingerprint density at radius 1 is 1.73 bits per heavy atom. The van der Waals surface area contributed by atoms with E-state index in [4.69, 9.17) is 10.00 Å². The molecule has 2 unspecified atom stereocenters. The Balaban J connectivity index is 2.32. The van der Waals surface area contributed by atoms with Crippen LogP contribution in [-0.4, -0.2) is 16.4 Å². The van der Waals surface area contributed by atoms with Gasteiger partial charge in [-0.1, -0.05) is 6.92 Å². The number of nitrogens with zero attached hydrogens (tertiary/aromatic N) is 3. The second kappa shape index (κ2) is 4.03. The highest BCUT2D eigenvalue weighted by molar-refractivity contribution is 5.23. The highest BCUT2D eigenvalue weighted by atomic mass is 16.5. The van der Waals surface area contributed by atoms with Gasteiger partial charge in [-0.15, -0.1) is 0 Å². The van der Waals surface area contributed by atoms with E-state index in [1.807, 2.05) is 13.2 Å². The van der Waals surface area contributed by atoms with Gasteiger partial charge in [-0.05, 0) is 12.8 Å². The minimum absolute atomic E-state index is 0.0144. The maximum Gasteiger partial charge on any atom is 0.102 e. The Morgan fingerprint density at radius 2 is 2.53 bits per heavy atom. The monoisotopic (exact) mass is 205 g/mol. The van der Waals surface area contributed by atoms with Crippen LogP contribution in [0.3, 0.4) is 0 Å². The Kier molecular flexibility index (Phi) is 2.74. The number of hydrogen-bond donors (Lipinski definition) is 0. The fraction of sp³-hybridized carbons (Fsp3) is 0.636. The fourth-order valence-corrected chi connectivity index (χ4v) is 2.09. The number of aryl methyl sites for hydroxylation is 2. The minimum Gasteiger partial charge on any atom is -0.372 e. The molecule has 0 radical (unpaired) electrons. The van der Waals surface area contributed by atoms with Crippen molar-refractivity contribution in [1.82, 2.24) is 9.78 Å². The zero-order chi connectivity index (χ0) is 10.8. The molecule has 0 bridgehead atoms. The van der Waals surface area contributed by atoms with Gasteiger partial charge in [0.05, 0.1) is 17.7 Å². The molecule has 0 N–H and O–H groups in total. The van der Waals surface area contributed by atoms with Crippen molar-refractivity contribution >= 4 is 0 Å². The molecule has 1 fully saturated rings. The molecule has 1 aromatic rings. The topological polar surface area (TPSA) is 50.8 Å². The van der Waals surface area contributed by atoms with Gasteiger partial charge >= 0.3 is 0 Å². The van der Waals surface area contributed by atoms with Gasteiger partial charge in [0.25, 0.3) is 0 Å². The lowest BCUT2D eigenvalue weighted by Gasteiger charge is -2.11. The first-order valence-corrected chi connectivity index (χ1v) is 5.30. The van der Waals surface area contributed by atoms with Gasteiger partial charge < -0.3 is 4.74 Å². The third-order valence-electron chi connectivity index (χ3n) is 2.84. The third kappa shape index (κ3) is 1.75. The number of nitriles is 1. The first kappa shape index (κ1) is 10.2. The minimum atomic E-state index is -0.0707. The summed E-state index contributed by atoms with van der Waals surface area (Å²) in [5.41, 5.74) is 2.13. The maximum atomic E-state index is 9.01. The summed E-state index contributed by atoms with van der Waals surface area (Å²) in [6.45, 7) is 2.75. The second-order valence-electron chi connectivity index (χ2n) is 3.87. The van der Waals surface area contributed by atoms with Gasteiger partial charge in [0.2, 0.25) is 0 Å². The Morgan fingerprint density at radius 3 is 3.20 bits per heavy atom. The molecule has 2 heterocycles. The smallest absolute Gasteiger partial charge is 0.102 e. The normalized spacial score (nSPS) is 25.4. The van der Waals surface area contributed by atoms with Crippen molar-refractivity contribution in [2.24, 2.45) is 13.0 Å². The highest BCUT2D eigenvalue weighted by Gasteiger charge is 2.32. The van der Waals surface area contributed by atoms with Crippen LogP contribution in [0.25, 0.3) is 0 Å². The zero-order valence-electron chi connectivity index (χ0n) is 9.10. The maximum absolute atomic E-state index is 9.01. The van der Waals surface area contributed by atoms with E-state index in [9.17, 15) is 0 Å². The van der Waals surface area contributed by atoms with Gasteiger partial charge in [-0.25, -0.2) is 0 Å². The molecule has 0 amide bonds. The standard InChI is InChI=1S/C11H15N3O/c1-3-10-9(7-14(2)13-10)11-8(6-12)4-5-15-11/h7-8,11H,3-5H2,1-2H3. The van der Waals surface area contributed by atoms with Crippen LogP contribution in [0, 0.1) is 17.2 Å². The largest absolute Gasteiger partial charge is 0.372 e. The molecule has 0 saturated carbocycles. The fourth-order valence-electron chi connectivity index (χ4n) is 2.09. The van der Waals surface area contributed by atoms with Crippen molar-refractivity contribution in [2.45, 2.75) is 25.9 Å². The quantitative estimate of drug-likeness (QED) is 0.736. The van der Waals surface area contributed by atoms with Crippen LogP contribution in [0.15, 0.2) is 6.20 Å². The molecular formula is C11H15N3O. The van der Waals surface area contributed by atoms with Crippen molar-refractivity contribution < 1.29 is 4.74 Å². The predicted molar refractivity (Wildman–Crippen MR) is 55.0 cm³/mol. The molecule has 2 atom stereocenters. The van der Waals surface area contributed by atoms with E-state index in [1.165, 1.54) is 0 Å². The van der Waals surface area contributed by atoms with E-state index < -0.39 is 0 Å². The molecule has 4 nitrogen and oxygen atoms in total. The molecule has 0 aliphatic carbocycles. The summed E-state index contributed by atoms with van der Waals surface area (Å²) in [6, 6.07) is 2.31. The van der Waals surface area contributed by atoms with Gasteiger partial charge in [0.15, 0.2) is 0 Å². The van der Waals surface area contributed by atoms with Crippen LogP contribution in [0.4, 0.5) is 0 Å². The molecule has 1 aliphatic heterocycles. The first-order valence-electron chi connectivity index (χ1n) is 5.30. The predicted octanol–water partition coefficient (Wildman–Crippen LogP) is 1.58. The van der Waals surface area contributed by atoms with Crippen molar-refractivity contribution in [2.75, 3.05) is 6.61 Å². The van der Waals surface area contributed by atoms with Crippen molar-refractivity contribution in [1.29, 1.82) is 5.26 Å². The molecule has 1 saturated heterocycles. The van der Waals surface area contributed by atoms with Crippen LogP contribution < -0.4 is 0 Å². The van der Waals surface area contributed by atoms with Gasteiger partial charge in [0, 0.05) is 25.4 Å². The molecule has 2 rings (SSSR count). The molecule has 1 aliphatic rings. The lowest BCUT2D eigenvalue weighted by Crippen LogP contribution is -2.06. The van der Waals surface area contributed by atoms with Crippen LogP contribution in [-0.2, 0) is 18.2 Å². The average molecular weight is 205 g/mol. The summed E-state index contributed by atoms with van der Waals surface area (Å²) in [6.07, 6.45) is 3.62. The lowest BCUT2D eigenvalue weighted by atomic mass is 9.96. The average Bonchev–Trinajstić information content (AvgIpc) is 2.82. The second-order valence-corrected chi connectivity index (χ2v) is 3.87. The zero-order valence-corrected chi connectivity index (χ0v) is 9.10. The SMILES string of the molecule is CCc1nn(C)cc1C1OCCC1C#N. The first-order chi connectivity index (χ1) is 7.26. The van der Waals surface area contributed by atoms with Crippen LogP contribution >= 0.6 is 0 Å². The van der Waals surface area contributed by atoms with Crippen molar-refractivity contribution in [3.05, 3.63) is 17.5 Å². The van der Waals surface area contributed by atoms with Crippen LogP contribution in [0.2, 0.25) is 0 Å². The lowest BCUT2D eigenvalue weighted by molar-refractivity contribution is 0.1000. The molecule has 4 heteroatoms. The number of hydrogen-bond acceptors (Lipinski definition) is 3. The van der Waals surface area contributed by atoms with Crippen molar-refractivity contribution in [3.63, 3.8) is 0 Å². The van der Waals surface area contributed by atoms with Crippen molar-refractivity contribution in [3.8, 4) is 6.07 Å². The molecule has 0 aromatic carbocycles. The van der Waals surface area contributed by atoms with Gasteiger partial charge in [-0.3, -0.25) is 4.68 Å². The van der Waals surface area contributed by atoms with Crippen LogP contribution in [0.1, 0.15) is 30.7 Å². The number of aromatic nitrogens is 2. The van der Waals surface area contributed by atoms with E-state index in [1.54, 1.807) is 4.68 Å². The van der Waals surface area contributed by atoms with E-state index in [-0.39, 0.29) is 12.0 Å².